The van der Waals surface area contributed by atoms with Gasteiger partial charge in [-0.1, -0.05) is 17.7 Å². The van der Waals surface area contributed by atoms with Gasteiger partial charge in [0.15, 0.2) is 0 Å². The molecule has 0 radical (unpaired) electrons. The van der Waals surface area contributed by atoms with Crippen molar-refractivity contribution in [2.24, 2.45) is 5.10 Å². The lowest BCUT2D eigenvalue weighted by Crippen LogP contribution is -2.23. The Bertz CT molecular complexity index is 1360. The Hall–Kier alpha value is -3.30. The third kappa shape index (κ3) is 3.77. The number of nitrogens with zero attached hydrogens (tertiary/aromatic N) is 5. The first kappa shape index (κ1) is 20.0. The fourth-order valence-corrected chi connectivity index (χ4v) is 4.10. The fourth-order valence-electron chi connectivity index (χ4n) is 2.82. The van der Waals surface area contributed by atoms with Gasteiger partial charge in [-0.3, -0.25) is 9.38 Å². The molecule has 0 unspecified atom stereocenters. The van der Waals surface area contributed by atoms with E-state index in [1.165, 1.54) is 19.3 Å². The number of hydrazone groups is 1. The Morgan fingerprint density at radius 3 is 2.77 bits per heavy atom. The first-order valence-corrected chi connectivity index (χ1v) is 10.5. The average molecular weight is 444 g/mol. The van der Waals surface area contributed by atoms with E-state index >= 15 is 0 Å². The van der Waals surface area contributed by atoms with Crippen molar-refractivity contribution in [1.82, 2.24) is 18.8 Å². The van der Waals surface area contributed by atoms with E-state index in [-0.39, 0.29) is 5.02 Å². The maximum atomic E-state index is 14.0. The highest BCUT2D eigenvalue weighted by Gasteiger charge is 2.24. The van der Waals surface area contributed by atoms with Crippen LogP contribution < -0.4 is 0 Å². The number of aromatic nitrogens is 3. The van der Waals surface area contributed by atoms with Gasteiger partial charge in [0, 0.05) is 41.8 Å². The molecule has 3 aromatic heterocycles. The summed E-state index contributed by atoms with van der Waals surface area (Å²) in [6, 6.07) is 10.8. The Morgan fingerprint density at radius 1 is 1.17 bits per heavy atom. The maximum absolute atomic E-state index is 14.0. The van der Waals surface area contributed by atoms with E-state index in [9.17, 15) is 12.8 Å². The number of rotatable bonds is 5. The van der Waals surface area contributed by atoms with Crippen molar-refractivity contribution in [3.8, 4) is 11.1 Å². The molecule has 0 aliphatic heterocycles. The maximum Gasteiger partial charge on any atom is 0.281 e. The SMILES string of the molecule is CN(N=Cc1cnc2ccc(-c3cccnc3)cn12)S(=O)(=O)c1cc(Cl)ccc1F. The lowest BCUT2D eigenvalue weighted by atomic mass is 10.1. The second kappa shape index (κ2) is 7.85. The van der Waals surface area contributed by atoms with Crippen molar-refractivity contribution >= 4 is 33.5 Å². The number of imidazole rings is 1. The Morgan fingerprint density at radius 2 is 2.00 bits per heavy atom. The molecule has 3 heterocycles. The lowest BCUT2D eigenvalue weighted by molar-refractivity contribution is 0.481. The molecule has 10 heteroatoms. The van der Waals surface area contributed by atoms with Crippen molar-refractivity contribution < 1.29 is 12.8 Å². The summed E-state index contributed by atoms with van der Waals surface area (Å²) in [5.74, 6) is -0.905. The molecule has 0 amide bonds. The predicted molar refractivity (Wildman–Crippen MR) is 112 cm³/mol. The molecule has 0 spiro atoms. The summed E-state index contributed by atoms with van der Waals surface area (Å²) in [6.07, 6.45) is 8.19. The smallest absolute Gasteiger partial charge is 0.281 e. The molecule has 0 N–H and O–H groups in total. The molecule has 152 valence electrons. The minimum atomic E-state index is -4.21. The summed E-state index contributed by atoms with van der Waals surface area (Å²) in [5, 5.41) is 4.08. The molecule has 1 aromatic carbocycles. The second-order valence-corrected chi connectivity index (χ2v) is 8.68. The Labute approximate surface area is 177 Å². The molecule has 0 aliphatic carbocycles. The van der Waals surface area contributed by atoms with Crippen LogP contribution in [0.25, 0.3) is 16.8 Å². The molecule has 0 fully saturated rings. The van der Waals surface area contributed by atoms with Gasteiger partial charge < -0.3 is 0 Å². The van der Waals surface area contributed by atoms with Crippen LogP contribution in [0.3, 0.4) is 0 Å². The van der Waals surface area contributed by atoms with E-state index < -0.39 is 20.7 Å². The Kier molecular flexibility index (Phi) is 5.23. The third-order valence-electron chi connectivity index (χ3n) is 4.40. The van der Waals surface area contributed by atoms with E-state index in [4.69, 9.17) is 11.6 Å². The number of sulfonamides is 1. The third-order valence-corrected chi connectivity index (χ3v) is 6.29. The zero-order valence-electron chi connectivity index (χ0n) is 15.6. The van der Waals surface area contributed by atoms with Gasteiger partial charge in [-0.15, -0.1) is 0 Å². The molecule has 7 nitrogen and oxygen atoms in total. The predicted octanol–water partition coefficient (Wildman–Crippen LogP) is 3.84. The summed E-state index contributed by atoms with van der Waals surface area (Å²) in [5.41, 5.74) is 3.04. The van der Waals surface area contributed by atoms with Gasteiger partial charge in [0.25, 0.3) is 10.0 Å². The van der Waals surface area contributed by atoms with Crippen LogP contribution in [-0.4, -0.2) is 40.5 Å². The van der Waals surface area contributed by atoms with Crippen LogP contribution in [0.15, 0.2) is 77.2 Å². The molecule has 4 aromatic rings. The standard InChI is InChI=1S/C20H15ClFN5O2S/c1-26(30(28,29)19-9-16(21)5-6-18(19)22)25-12-17-11-24-20-7-4-15(13-27(17)20)14-3-2-8-23-10-14/h2-13H,1H3. The molecule has 30 heavy (non-hydrogen) atoms. The first-order chi connectivity index (χ1) is 14.4. The van der Waals surface area contributed by atoms with Crippen LogP contribution in [-0.2, 0) is 10.0 Å². The monoisotopic (exact) mass is 443 g/mol. The van der Waals surface area contributed by atoms with Gasteiger partial charge in [-0.25, -0.2) is 9.37 Å². The van der Waals surface area contributed by atoms with Crippen LogP contribution in [0.4, 0.5) is 4.39 Å². The molecular weight excluding hydrogens is 429 g/mol. The Balaban J connectivity index is 1.67. The minimum absolute atomic E-state index is 0.108. The molecule has 0 saturated carbocycles. The number of fused-ring (bicyclic) bond motifs is 1. The molecule has 0 aliphatic rings. The molecule has 0 bridgehead atoms. The van der Waals surface area contributed by atoms with Crippen LogP contribution in [0, 0.1) is 5.82 Å². The second-order valence-electron chi connectivity index (χ2n) is 6.33. The number of halogens is 2. The van der Waals surface area contributed by atoms with Crippen molar-refractivity contribution in [3.05, 3.63) is 83.8 Å². The largest absolute Gasteiger partial charge is 0.298 e. The molecular formula is C20H15ClFN5O2S. The highest BCUT2D eigenvalue weighted by molar-refractivity contribution is 7.89. The minimum Gasteiger partial charge on any atom is -0.298 e. The van der Waals surface area contributed by atoms with E-state index in [0.29, 0.717) is 15.8 Å². The van der Waals surface area contributed by atoms with Crippen molar-refractivity contribution in [2.45, 2.75) is 4.90 Å². The average Bonchev–Trinajstić information content (AvgIpc) is 3.16. The van der Waals surface area contributed by atoms with Gasteiger partial charge in [0.1, 0.15) is 16.4 Å². The summed E-state index contributed by atoms with van der Waals surface area (Å²) in [4.78, 5) is 7.85. The van der Waals surface area contributed by atoms with Crippen molar-refractivity contribution in [2.75, 3.05) is 7.05 Å². The quantitative estimate of drug-likeness (QED) is 0.346. The van der Waals surface area contributed by atoms with E-state index in [1.54, 1.807) is 23.0 Å². The highest BCUT2D eigenvalue weighted by atomic mass is 35.5. The van der Waals surface area contributed by atoms with Crippen LogP contribution in [0.1, 0.15) is 5.69 Å². The summed E-state index contributed by atoms with van der Waals surface area (Å²) in [6.45, 7) is 0. The van der Waals surface area contributed by atoms with E-state index in [0.717, 1.165) is 23.3 Å². The fraction of sp³-hybridized carbons (Fsp3) is 0.0500. The van der Waals surface area contributed by atoms with Crippen molar-refractivity contribution in [1.29, 1.82) is 0 Å². The molecule has 0 saturated heterocycles. The van der Waals surface area contributed by atoms with E-state index in [2.05, 4.69) is 15.1 Å². The highest BCUT2D eigenvalue weighted by Crippen LogP contribution is 2.23. The van der Waals surface area contributed by atoms with Gasteiger partial charge in [0.2, 0.25) is 0 Å². The topological polar surface area (TPSA) is 79.9 Å². The van der Waals surface area contributed by atoms with E-state index in [1.807, 2.05) is 30.5 Å². The summed E-state index contributed by atoms with van der Waals surface area (Å²) in [7, 11) is -2.99. The molecule has 4 rings (SSSR count). The van der Waals surface area contributed by atoms with Gasteiger partial charge in [-0.05, 0) is 36.4 Å². The van der Waals surface area contributed by atoms with Gasteiger partial charge >= 0.3 is 0 Å². The number of hydrogen-bond acceptors (Lipinski definition) is 5. The number of hydrogen-bond donors (Lipinski definition) is 0. The molecule has 0 atom stereocenters. The summed E-state index contributed by atoms with van der Waals surface area (Å²) >= 11 is 5.81. The zero-order chi connectivity index (χ0) is 21.3. The number of benzene rings is 1. The van der Waals surface area contributed by atoms with Gasteiger partial charge in [0.05, 0.1) is 18.1 Å². The normalized spacial score (nSPS) is 12.0. The summed E-state index contributed by atoms with van der Waals surface area (Å²) < 4.78 is 41.8. The first-order valence-electron chi connectivity index (χ1n) is 8.72. The zero-order valence-corrected chi connectivity index (χ0v) is 17.2. The van der Waals surface area contributed by atoms with Crippen LogP contribution in [0.2, 0.25) is 5.02 Å². The number of pyridine rings is 2. The van der Waals surface area contributed by atoms with Crippen LogP contribution >= 0.6 is 11.6 Å². The lowest BCUT2D eigenvalue weighted by Gasteiger charge is -2.14. The van der Waals surface area contributed by atoms with Crippen LogP contribution in [0.5, 0.6) is 0 Å². The van der Waals surface area contributed by atoms with Crippen molar-refractivity contribution in [3.63, 3.8) is 0 Å². The van der Waals surface area contributed by atoms with Gasteiger partial charge in [-0.2, -0.15) is 17.9 Å².